The minimum absolute atomic E-state index is 0.0616. The molecule has 2 amide bonds. The molecule has 0 aliphatic carbocycles. The van der Waals surface area contributed by atoms with E-state index in [-0.39, 0.29) is 34.6 Å². The molecular formula is C26H28FN5O5S. The normalized spacial score (nSPS) is 11.9. The smallest absolute Gasteiger partial charge is 0.434 e. The molecular weight excluding hydrogens is 513 g/mol. The highest BCUT2D eigenvalue weighted by Crippen LogP contribution is 2.28. The van der Waals surface area contributed by atoms with Gasteiger partial charge in [0, 0.05) is 32.1 Å². The fraction of sp³-hybridized carbons (Fsp3) is 0.308. The lowest BCUT2D eigenvalue weighted by Gasteiger charge is -2.16. The third-order valence-corrected chi connectivity index (χ3v) is 5.94. The first-order valence-electron chi connectivity index (χ1n) is 11.5. The Morgan fingerprint density at radius 1 is 1.18 bits per heavy atom. The minimum Gasteiger partial charge on any atom is -0.481 e. The van der Waals surface area contributed by atoms with Crippen molar-refractivity contribution in [1.82, 2.24) is 15.0 Å². The quantitative estimate of drug-likeness (QED) is 0.293. The van der Waals surface area contributed by atoms with Crippen LogP contribution in [0.1, 0.15) is 23.9 Å². The van der Waals surface area contributed by atoms with Crippen LogP contribution in [0.2, 0.25) is 0 Å². The number of nitrogens with zero attached hydrogens (tertiary/aromatic N) is 5. The number of halogens is 1. The maximum absolute atomic E-state index is 15.9. The Bertz CT molecular complexity index is 1370. The van der Waals surface area contributed by atoms with E-state index in [4.69, 9.17) is 14.0 Å². The maximum Gasteiger partial charge on any atom is 0.434 e. The molecule has 0 unspecified atom stereocenters. The first-order chi connectivity index (χ1) is 18.2. The van der Waals surface area contributed by atoms with Crippen molar-refractivity contribution in [3.05, 3.63) is 59.2 Å². The number of aliphatic imine (C=N–C) groups is 2. The third-order valence-electron chi connectivity index (χ3n) is 5.27. The van der Waals surface area contributed by atoms with Gasteiger partial charge in [0.15, 0.2) is 18.2 Å². The number of amides is 2. The van der Waals surface area contributed by atoms with Crippen LogP contribution < -0.4 is 4.74 Å². The van der Waals surface area contributed by atoms with Gasteiger partial charge in [0.05, 0.1) is 12.8 Å². The molecule has 2 aromatic carbocycles. The SMILES string of the molecule is CCc1cc(OCC(=O)N(C)C)c(F)c(C(=Nc2ccc(-c3noc(C)n3)cc2)/C(=N/C(=O)OC)SC)c1. The molecule has 0 saturated heterocycles. The van der Waals surface area contributed by atoms with Gasteiger partial charge in [0.25, 0.3) is 5.91 Å². The van der Waals surface area contributed by atoms with E-state index >= 15 is 4.39 Å². The summed E-state index contributed by atoms with van der Waals surface area (Å²) in [7, 11) is 4.37. The zero-order valence-electron chi connectivity index (χ0n) is 21.9. The summed E-state index contributed by atoms with van der Waals surface area (Å²) >= 11 is 1.11. The molecule has 0 spiro atoms. The molecule has 0 fully saturated rings. The molecule has 0 aliphatic heterocycles. The van der Waals surface area contributed by atoms with Crippen LogP contribution in [0, 0.1) is 12.7 Å². The average Bonchev–Trinajstić information content (AvgIpc) is 3.36. The number of hydrogen-bond donors (Lipinski definition) is 0. The Morgan fingerprint density at radius 3 is 2.45 bits per heavy atom. The number of thioether (sulfide) groups is 1. The summed E-state index contributed by atoms with van der Waals surface area (Å²) in [5.41, 5.74) is 2.06. The second-order valence-electron chi connectivity index (χ2n) is 8.12. The lowest BCUT2D eigenvalue weighted by Crippen LogP contribution is -2.28. The molecule has 200 valence electrons. The van der Waals surface area contributed by atoms with Gasteiger partial charge in [0.2, 0.25) is 11.7 Å². The molecule has 0 bridgehead atoms. The molecule has 10 nitrogen and oxygen atoms in total. The molecule has 3 aromatic rings. The van der Waals surface area contributed by atoms with Crippen molar-refractivity contribution in [3.63, 3.8) is 0 Å². The van der Waals surface area contributed by atoms with Crippen molar-refractivity contribution < 1.29 is 28.0 Å². The highest BCUT2D eigenvalue weighted by molar-refractivity contribution is 8.15. The van der Waals surface area contributed by atoms with E-state index in [0.29, 0.717) is 29.4 Å². The summed E-state index contributed by atoms with van der Waals surface area (Å²) in [6.45, 7) is 3.25. The Hall–Kier alpha value is -4.06. The number of benzene rings is 2. The van der Waals surface area contributed by atoms with Crippen LogP contribution in [0.15, 0.2) is 50.9 Å². The molecule has 0 saturated carbocycles. The number of carbonyl (C=O) groups is 2. The van der Waals surface area contributed by atoms with Crippen LogP contribution in [-0.4, -0.2) is 71.9 Å². The number of likely N-dealkylation sites (N-methyl/N-ethyl adjacent to an activating group) is 1. The van der Waals surface area contributed by atoms with E-state index in [1.54, 1.807) is 57.6 Å². The molecule has 0 atom stereocenters. The average molecular weight is 542 g/mol. The molecule has 0 aliphatic rings. The first-order valence-corrected chi connectivity index (χ1v) is 12.7. The van der Waals surface area contributed by atoms with E-state index in [9.17, 15) is 9.59 Å². The topological polar surface area (TPSA) is 119 Å². The number of aromatic nitrogens is 2. The van der Waals surface area contributed by atoms with Gasteiger partial charge in [-0.15, -0.1) is 11.8 Å². The lowest BCUT2D eigenvalue weighted by molar-refractivity contribution is -0.130. The second-order valence-corrected chi connectivity index (χ2v) is 8.92. The van der Waals surface area contributed by atoms with Crippen LogP contribution in [-0.2, 0) is 16.0 Å². The minimum atomic E-state index is -0.856. The van der Waals surface area contributed by atoms with E-state index in [1.807, 2.05) is 6.92 Å². The van der Waals surface area contributed by atoms with E-state index in [1.165, 1.54) is 18.1 Å². The summed E-state index contributed by atoms with van der Waals surface area (Å²) in [5.74, 6) is -0.312. The van der Waals surface area contributed by atoms with E-state index < -0.39 is 11.9 Å². The van der Waals surface area contributed by atoms with Crippen molar-refractivity contribution in [1.29, 1.82) is 0 Å². The number of rotatable bonds is 8. The van der Waals surface area contributed by atoms with Gasteiger partial charge in [-0.25, -0.2) is 14.2 Å². The van der Waals surface area contributed by atoms with Crippen molar-refractivity contribution in [2.75, 3.05) is 34.1 Å². The van der Waals surface area contributed by atoms with Gasteiger partial charge in [0.1, 0.15) is 10.8 Å². The number of hydrogen-bond acceptors (Lipinski definition) is 9. The van der Waals surface area contributed by atoms with Crippen LogP contribution in [0.5, 0.6) is 5.75 Å². The van der Waals surface area contributed by atoms with Crippen molar-refractivity contribution in [2.45, 2.75) is 20.3 Å². The van der Waals surface area contributed by atoms with Gasteiger partial charge in [-0.1, -0.05) is 12.1 Å². The monoisotopic (exact) mass is 541 g/mol. The van der Waals surface area contributed by atoms with Crippen molar-refractivity contribution in [2.24, 2.45) is 9.98 Å². The molecule has 3 rings (SSSR count). The fourth-order valence-corrected chi connectivity index (χ4v) is 3.70. The van der Waals surface area contributed by atoms with Gasteiger partial charge in [-0.3, -0.25) is 4.79 Å². The summed E-state index contributed by atoms with van der Waals surface area (Å²) in [4.78, 5) is 38.2. The Balaban J connectivity index is 2.14. The van der Waals surface area contributed by atoms with Crippen LogP contribution in [0.25, 0.3) is 11.4 Å². The maximum atomic E-state index is 15.9. The zero-order chi connectivity index (χ0) is 27.8. The largest absolute Gasteiger partial charge is 0.481 e. The predicted molar refractivity (Wildman–Crippen MR) is 144 cm³/mol. The van der Waals surface area contributed by atoms with Crippen LogP contribution in [0.3, 0.4) is 0 Å². The lowest BCUT2D eigenvalue weighted by atomic mass is 10.0. The molecule has 12 heteroatoms. The first kappa shape index (κ1) is 28.5. The van der Waals surface area contributed by atoms with Gasteiger partial charge in [-0.2, -0.15) is 9.98 Å². The van der Waals surface area contributed by atoms with Crippen molar-refractivity contribution >= 4 is 40.2 Å². The van der Waals surface area contributed by atoms with Gasteiger partial charge < -0.3 is 18.9 Å². The Labute approximate surface area is 223 Å². The summed E-state index contributed by atoms with van der Waals surface area (Å²) < 4.78 is 31.1. The number of carbonyl (C=O) groups excluding carboxylic acids is 2. The summed E-state index contributed by atoms with van der Waals surface area (Å²) in [6.07, 6.45) is 1.39. The molecule has 38 heavy (non-hydrogen) atoms. The summed E-state index contributed by atoms with van der Waals surface area (Å²) in [6, 6.07) is 10.1. The molecule has 1 heterocycles. The van der Waals surface area contributed by atoms with E-state index in [0.717, 1.165) is 17.3 Å². The van der Waals surface area contributed by atoms with Gasteiger partial charge >= 0.3 is 6.09 Å². The number of ether oxygens (including phenoxy) is 2. The van der Waals surface area contributed by atoms with E-state index in [2.05, 4.69) is 20.1 Å². The number of aryl methyl sites for hydroxylation is 2. The second kappa shape index (κ2) is 13.0. The van der Waals surface area contributed by atoms with Gasteiger partial charge in [-0.05, 0) is 54.6 Å². The standard InChI is InChI=1S/C26H28FN5O5S/c1-7-16-12-19(22(27)20(13-16)36-14-21(33)32(3)4)23(25(38-6)30-26(34)35-5)29-18-10-8-17(9-11-18)24-28-15(2)37-31-24/h8-13H,7,14H2,1-6H3/b29-23?,30-25-. The molecule has 0 radical (unpaired) electrons. The zero-order valence-corrected chi connectivity index (χ0v) is 22.8. The molecule has 1 aromatic heterocycles. The fourth-order valence-electron chi connectivity index (χ4n) is 3.18. The third kappa shape index (κ3) is 7.03. The molecule has 0 N–H and O–H groups in total. The van der Waals surface area contributed by atoms with Crippen molar-refractivity contribution in [3.8, 4) is 17.1 Å². The van der Waals surface area contributed by atoms with Crippen LogP contribution >= 0.6 is 11.8 Å². The summed E-state index contributed by atoms with van der Waals surface area (Å²) in [5, 5.41) is 4.04. The highest BCUT2D eigenvalue weighted by Gasteiger charge is 2.22. The highest BCUT2D eigenvalue weighted by atomic mass is 32.2. The van der Waals surface area contributed by atoms with Crippen LogP contribution in [0.4, 0.5) is 14.9 Å². The predicted octanol–water partition coefficient (Wildman–Crippen LogP) is 4.86. The Kier molecular flexibility index (Phi) is 9.72. The number of methoxy groups -OCH3 is 1. The Morgan fingerprint density at radius 2 is 1.89 bits per heavy atom.